The number of carbonyl (C=O) groups is 2. The Labute approximate surface area is 180 Å². The van der Waals surface area contributed by atoms with Crippen molar-refractivity contribution < 1.29 is 24.2 Å². The fourth-order valence-corrected chi connectivity index (χ4v) is 3.48. The average molecular weight is 430 g/mol. The summed E-state index contributed by atoms with van der Waals surface area (Å²) in [6, 6.07) is 5.13. The van der Waals surface area contributed by atoms with Crippen LogP contribution in [-0.4, -0.2) is 34.8 Å². The van der Waals surface area contributed by atoms with Gasteiger partial charge in [0.2, 0.25) is 0 Å². The van der Waals surface area contributed by atoms with Crippen LogP contribution in [0.1, 0.15) is 30.2 Å². The molecule has 1 aromatic carbocycles. The maximum Gasteiger partial charge on any atom is 0.359 e. The molecule has 0 spiro atoms. The van der Waals surface area contributed by atoms with E-state index in [1.54, 1.807) is 24.3 Å². The van der Waals surface area contributed by atoms with Crippen molar-refractivity contribution in [3.8, 4) is 18.1 Å². The van der Waals surface area contributed by atoms with Crippen LogP contribution in [0, 0.1) is 26.2 Å². The summed E-state index contributed by atoms with van der Waals surface area (Å²) in [6.07, 6.45) is 7.80. The molecule has 2 aromatic rings. The molecule has 0 amide bonds. The van der Waals surface area contributed by atoms with E-state index in [9.17, 15) is 9.59 Å². The van der Waals surface area contributed by atoms with Gasteiger partial charge in [0.1, 0.15) is 5.75 Å². The third-order valence-electron chi connectivity index (χ3n) is 4.76. The average Bonchev–Trinajstić information content (AvgIpc) is 2.93. The monoisotopic (exact) mass is 429 g/mol. The van der Waals surface area contributed by atoms with Crippen LogP contribution in [0.15, 0.2) is 18.2 Å². The number of rotatable bonds is 7. The molecule has 1 N–H and O–H groups in total. The summed E-state index contributed by atoms with van der Waals surface area (Å²) >= 11 is 6.25. The molecule has 2 rings (SSSR count). The normalized spacial score (nSPS) is 13.1. The number of esters is 1. The molecule has 0 saturated heterocycles. The summed E-state index contributed by atoms with van der Waals surface area (Å²) in [5.74, 6) is 1.05. The zero-order chi connectivity index (χ0) is 22.4. The molecule has 1 heterocycles. The van der Waals surface area contributed by atoms with E-state index in [4.69, 9.17) is 27.9 Å². The maximum absolute atomic E-state index is 11.7. The van der Waals surface area contributed by atoms with Crippen molar-refractivity contribution in [3.05, 3.63) is 50.6 Å². The highest BCUT2D eigenvalue weighted by Gasteiger charge is 2.19. The van der Waals surface area contributed by atoms with Gasteiger partial charge in [-0.25, -0.2) is 4.79 Å². The van der Waals surface area contributed by atoms with Crippen LogP contribution < -0.4 is 15.3 Å². The largest absolute Gasteiger partial charge is 0.481 e. The lowest BCUT2D eigenvalue weighted by atomic mass is 10.2. The van der Waals surface area contributed by atoms with Crippen LogP contribution >= 0.6 is 11.6 Å². The Kier molecular flexibility index (Phi) is 7.73. The highest BCUT2D eigenvalue weighted by molar-refractivity contribution is 6.30. The van der Waals surface area contributed by atoms with E-state index in [1.807, 2.05) is 26.8 Å². The van der Waals surface area contributed by atoms with Gasteiger partial charge in [0.25, 0.3) is 6.10 Å². The number of methoxy groups -OCH3 is 1. The summed E-state index contributed by atoms with van der Waals surface area (Å²) < 4.78 is 12.3. The second-order valence-corrected chi connectivity index (χ2v) is 7.11. The molecule has 30 heavy (non-hydrogen) atoms. The summed E-state index contributed by atoms with van der Waals surface area (Å²) in [5, 5.41) is 11.3. The van der Waals surface area contributed by atoms with Crippen LogP contribution in [0.2, 0.25) is 5.02 Å². The number of benzene rings is 1. The minimum absolute atomic E-state index is 0.0543. The van der Waals surface area contributed by atoms with Crippen molar-refractivity contribution in [1.29, 1.82) is 0 Å². The van der Waals surface area contributed by atoms with Crippen molar-refractivity contribution in [2.75, 3.05) is 7.11 Å². The summed E-state index contributed by atoms with van der Waals surface area (Å²) in [7, 11) is 1.23. The minimum atomic E-state index is -1.17. The number of hydrogen-bond donors (Lipinski definition) is 1. The van der Waals surface area contributed by atoms with Gasteiger partial charge in [-0.3, -0.25) is 4.79 Å². The second-order valence-electron chi connectivity index (χ2n) is 6.67. The van der Waals surface area contributed by atoms with E-state index in [-0.39, 0.29) is 6.42 Å². The number of carboxylic acids is 1. The van der Waals surface area contributed by atoms with E-state index in [0.717, 1.165) is 27.4 Å². The number of halogens is 1. The quantitative estimate of drug-likeness (QED) is 0.540. The predicted octanol–water partition coefficient (Wildman–Crippen LogP) is 2.42. The maximum atomic E-state index is 11.7. The third-order valence-corrected chi connectivity index (χ3v) is 4.98. The van der Waals surface area contributed by atoms with Gasteiger partial charge in [0.05, 0.1) is 13.5 Å². The SMILES string of the molecule is C#CC(Oc1cc(Cl)cc(Cn2c(C)c(C)c(=CCC(=O)O)c2=CC)c1)C(=O)OC. The standard InChI is InChI=1S/C23H24ClNO5/c1-6-20-19(8-9-22(26)27)14(3)15(4)25(20)13-16-10-17(24)12-18(11-16)30-21(7-2)23(28)29-5/h2,6,8,10-12,21H,9,13H2,1,3-5H3,(H,26,27). The second kappa shape index (κ2) is 10.0. The first-order valence-electron chi connectivity index (χ1n) is 9.25. The van der Waals surface area contributed by atoms with Gasteiger partial charge in [-0.1, -0.05) is 29.7 Å². The molecule has 7 heteroatoms. The van der Waals surface area contributed by atoms with Crippen molar-refractivity contribution in [1.82, 2.24) is 4.57 Å². The number of carbonyl (C=O) groups excluding carboxylic acids is 1. The van der Waals surface area contributed by atoms with E-state index in [1.165, 1.54) is 7.11 Å². The Hall–Kier alpha value is -3.17. The molecule has 0 radical (unpaired) electrons. The van der Waals surface area contributed by atoms with Crippen LogP contribution in [0.4, 0.5) is 0 Å². The first-order valence-corrected chi connectivity index (χ1v) is 9.63. The van der Waals surface area contributed by atoms with Gasteiger partial charge >= 0.3 is 11.9 Å². The van der Waals surface area contributed by atoms with Crippen LogP contribution in [0.25, 0.3) is 12.2 Å². The lowest BCUT2D eigenvalue weighted by molar-refractivity contribution is -0.146. The van der Waals surface area contributed by atoms with Crippen molar-refractivity contribution in [2.45, 2.75) is 39.8 Å². The molecule has 0 aliphatic heterocycles. The fraction of sp³-hybridized carbons (Fsp3) is 0.304. The van der Waals surface area contributed by atoms with Gasteiger partial charge in [-0.05, 0) is 55.3 Å². The Balaban J connectivity index is 2.47. The van der Waals surface area contributed by atoms with Gasteiger partial charge < -0.3 is 19.1 Å². The van der Waals surface area contributed by atoms with Crippen LogP contribution in [0.3, 0.4) is 0 Å². The molecule has 0 saturated carbocycles. The Bertz CT molecular complexity index is 1120. The van der Waals surface area contributed by atoms with Gasteiger partial charge in [-0.2, -0.15) is 0 Å². The Morgan fingerprint density at radius 1 is 1.33 bits per heavy atom. The predicted molar refractivity (Wildman–Crippen MR) is 116 cm³/mol. The number of aromatic nitrogens is 1. The smallest absolute Gasteiger partial charge is 0.359 e. The van der Waals surface area contributed by atoms with E-state index in [0.29, 0.717) is 17.3 Å². The highest BCUT2D eigenvalue weighted by atomic mass is 35.5. The molecule has 158 valence electrons. The number of ether oxygens (including phenoxy) is 2. The van der Waals surface area contributed by atoms with E-state index in [2.05, 4.69) is 15.2 Å². The van der Waals surface area contributed by atoms with E-state index >= 15 is 0 Å². The Morgan fingerprint density at radius 3 is 2.60 bits per heavy atom. The zero-order valence-electron chi connectivity index (χ0n) is 17.4. The van der Waals surface area contributed by atoms with Crippen molar-refractivity contribution >= 4 is 35.7 Å². The lowest BCUT2D eigenvalue weighted by Gasteiger charge is -2.14. The molecule has 1 aromatic heterocycles. The van der Waals surface area contributed by atoms with Crippen LogP contribution in [-0.2, 0) is 20.9 Å². The lowest BCUT2D eigenvalue weighted by Crippen LogP contribution is -2.30. The molecule has 1 atom stereocenters. The molecule has 0 bridgehead atoms. The van der Waals surface area contributed by atoms with Gasteiger partial charge in [0, 0.05) is 22.6 Å². The minimum Gasteiger partial charge on any atom is -0.481 e. The van der Waals surface area contributed by atoms with Crippen molar-refractivity contribution in [3.63, 3.8) is 0 Å². The zero-order valence-corrected chi connectivity index (χ0v) is 18.1. The molecule has 0 aliphatic carbocycles. The number of aliphatic carboxylic acids is 1. The third kappa shape index (κ3) is 5.25. The van der Waals surface area contributed by atoms with Crippen LogP contribution in [0.5, 0.6) is 5.75 Å². The molecular formula is C23H24ClNO5. The highest BCUT2D eigenvalue weighted by Crippen LogP contribution is 2.23. The first kappa shape index (κ1) is 23.1. The Morgan fingerprint density at radius 2 is 2.03 bits per heavy atom. The summed E-state index contributed by atoms with van der Waals surface area (Å²) in [5.41, 5.74) is 2.86. The summed E-state index contributed by atoms with van der Waals surface area (Å²) in [6.45, 7) is 6.33. The molecular weight excluding hydrogens is 406 g/mol. The van der Waals surface area contributed by atoms with E-state index < -0.39 is 18.0 Å². The first-order chi connectivity index (χ1) is 14.2. The number of carboxylic acid groups (broad SMARTS) is 1. The number of nitrogens with zero attached hydrogens (tertiary/aromatic N) is 1. The molecule has 0 fully saturated rings. The van der Waals surface area contributed by atoms with Gasteiger partial charge in [-0.15, -0.1) is 6.42 Å². The molecule has 0 aliphatic rings. The number of hydrogen-bond acceptors (Lipinski definition) is 4. The topological polar surface area (TPSA) is 77.8 Å². The van der Waals surface area contributed by atoms with Gasteiger partial charge in [0.15, 0.2) is 0 Å². The molecule has 1 unspecified atom stereocenters. The number of terminal acetylenes is 1. The molecule has 6 nitrogen and oxygen atoms in total. The summed E-state index contributed by atoms with van der Waals surface area (Å²) in [4.78, 5) is 22.7. The fourth-order valence-electron chi connectivity index (χ4n) is 3.23. The van der Waals surface area contributed by atoms with Crippen molar-refractivity contribution in [2.24, 2.45) is 0 Å².